The van der Waals surface area contributed by atoms with Gasteiger partial charge < -0.3 is 4.74 Å². The zero-order valence-electron chi connectivity index (χ0n) is 12.2. The number of hydrogen-bond acceptors (Lipinski definition) is 2. The van der Waals surface area contributed by atoms with Crippen molar-refractivity contribution in [2.24, 2.45) is 10.8 Å². The van der Waals surface area contributed by atoms with E-state index in [4.69, 9.17) is 4.74 Å². The van der Waals surface area contributed by atoms with E-state index >= 15 is 0 Å². The van der Waals surface area contributed by atoms with Crippen LogP contribution in [0.15, 0.2) is 0 Å². The van der Waals surface area contributed by atoms with Crippen molar-refractivity contribution < 1.29 is 9.53 Å². The Balaban J connectivity index is 5.00. The van der Waals surface area contributed by atoms with Gasteiger partial charge in [0.2, 0.25) is 0 Å². The van der Waals surface area contributed by atoms with Gasteiger partial charge in [-0.2, -0.15) is 0 Å². The molecule has 0 fully saturated rings. The van der Waals surface area contributed by atoms with E-state index in [1.165, 1.54) is 0 Å². The van der Waals surface area contributed by atoms with Crippen LogP contribution >= 0.6 is 0 Å². The van der Waals surface area contributed by atoms with Gasteiger partial charge in [0.1, 0.15) is 5.60 Å². The molecule has 1 unspecified atom stereocenters. The van der Waals surface area contributed by atoms with Crippen molar-refractivity contribution in [3.05, 3.63) is 0 Å². The molecule has 0 aliphatic heterocycles. The van der Waals surface area contributed by atoms with Gasteiger partial charge in [-0.15, -0.1) is 0 Å². The normalized spacial score (nSPS) is 16.8. The summed E-state index contributed by atoms with van der Waals surface area (Å²) >= 11 is 0. The van der Waals surface area contributed by atoms with Crippen LogP contribution in [0.4, 0.5) is 0 Å². The van der Waals surface area contributed by atoms with E-state index in [2.05, 4.69) is 27.7 Å². The average Bonchev–Trinajstić information content (AvgIpc) is 1.98. The van der Waals surface area contributed by atoms with Crippen LogP contribution in [0.5, 0.6) is 0 Å². The van der Waals surface area contributed by atoms with Gasteiger partial charge in [0.05, 0.1) is 5.41 Å². The molecule has 1 atom stereocenters. The zero-order valence-corrected chi connectivity index (χ0v) is 12.2. The van der Waals surface area contributed by atoms with Gasteiger partial charge in [-0.1, -0.05) is 34.1 Å². The summed E-state index contributed by atoms with van der Waals surface area (Å²) in [4.78, 5) is 12.3. The van der Waals surface area contributed by atoms with Crippen molar-refractivity contribution in [2.45, 2.75) is 73.8 Å². The molecule has 0 aromatic heterocycles. The molecule has 2 heteroatoms. The Bertz CT molecular complexity index is 242. The maximum atomic E-state index is 12.3. The van der Waals surface area contributed by atoms with Crippen LogP contribution in [0.3, 0.4) is 0 Å². The van der Waals surface area contributed by atoms with Crippen molar-refractivity contribution in [3.8, 4) is 0 Å². The quantitative estimate of drug-likeness (QED) is 0.677. The summed E-state index contributed by atoms with van der Waals surface area (Å²) < 4.78 is 5.54. The number of carbonyl (C=O) groups excluding carboxylic acids is 1. The van der Waals surface area contributed by atoms with Gasteiger partial charge in [0.25, 0.3) is 0 Å². The van der Waals surface area contributed by atoms with E-state index in [0.717, 1.165) is 12.8 Å². The summed E-state index contributed by atoms with van der Waals surface area (Å²) in [6.45, 7) is 16.2. The van der Waals surface area contributed by atoms with Crippen LogP contribution in [0.2, 0.25) is 0 Å². The number of rotatable bonds is 3. The molecule has 0 aromatic carbocycles. The van der Waals surface area contributed by atoms with Gasteiger partial charge in [0.15, 0.2) is 0 Å². The fourth-order valence-corrected chi connectivity index (χ4v) is 1.67. The molecule has 0 saturated carbocycles. The minimum absolute atomic E-state index is 0.0747. The third-order valence-electron chi connectivity index (χ3n) is 3.25. The first kappa shape index (κ1) is 15.5. The van der Waals surface area contributed by atoms with E-state index in [-0.39, 0.29) is 11.4 Å². The third kappa shape index (κ3) is 3.80. The third-order valence-corrected chi connectivity index (χ3v) is 3.25. The summed E-state index contributed by atoms with van der Waals surface area (Å²) in [5.41, 5.74) is -0.891. The summed E-state index contributed by atoms with van der Waals surface area (Å²) in [6, 6.07) is 0. The summed E-state index contributed by atoms with van der Waals surface area (Å²) in [7, 11) is 0. The lowest BCUT2D eigenvalue weighted by Gasteiger charge is -2.41. The van der Waals surface area contributed by atoms with Gasteiger partial charge in [-0.25, -0.2) is 0 Å². The topological polar surface area (TPSA) is 26.3 Å². The Labute approximate surface area is 101 Å². The highest BCUT2D eigenvalue weighted by atomic mass is 16.6. The van der Waals surface area contributed by atoms with Crippen LogP contribution in [0.1, 0.15) is 68.2 Å². The Morgan fingerprint density at radius 2 is 1.44 bits per heavy atom. The molecule has 0 N–H and O–H groups in total. The van der Waals surface area contributed by atoms with Crippen LogP contribution in [-0.4, -0.2) is 11.6 Å². The molecule has 0 amide bonds. The molecular formula is C14H28O2. The molecule has 16 heavy (non-hydrogen) atoms. The second kappa shape index (κ2) is 4.77. The van der Waals surface area contributed by atoms with Crippen LogP contribution in [0, 0.1) is 10.8 Å². The Morgan fingerprint density at radius 3 is 1.69 bits per heavy atom. The van der Waals surface area contributed by atoms with Gasteiger partial charge in [-0.05, 0) is 39.5 Å². The highest BCUT2D eigenvalue weighted by molar-refractivity contribution is 5.77. The molecule has 0 saturated heterocycles. The SMILES string of the molecule is CCCC(C)(C(=O)OC(C)(C)C)C(C)(C)C. The lowest BCUT2D eigenvalue weighted by molar-refractivity contribution is -0.174. The van der Waals surface area contributed by atoms with Gasteiger partial charge >= 0.3 is 5.97 Å². The summed E-state index contributed by atoms with van der Waals surface area (Å²) in [5, 5.41) is 0. The second-order valence-electron chi connectivity index (χ2n) is 6.83. The van der Waals surface area contributed by atoms with E-state index in [0.29, 0.717) is 0 Å². The molecule has 0 radical (unpaired) electrons. The molecular weight excluding hydrogens is 200 g/mol. The number of hydrogen-bond donors (Lipinski definition) is 0. The van der Waals surface area contributed by atoms with E-state index < -0.39 is 11.0 Å². The largest absolute Gasteiger partial charge is 0.460 e. The van der Waals surface area contributed by atoms with Crippen molar-refractivity contribution in [1.82, 2.24) is 0 Å². The minimum atomic E-state index is -0.408. The first-order chi connectivity index (χ1) is 6.94. The van der Waals surface area contributed by atoms with Crippen molar-refractivity contribution in [1.29, 1.82) is 0 Å². The Kier molecular flexibility index (Phi) is 4.61. The Hall–Kier alpha value is -0.530. The standard InChI is InChI=1S/C14H28O2/c1-9-10-14(8,12(2,3)4)11(15)16-13(5,6)7/h9-10H2,1-8H3. The molecule has 0 spiro atoms. The molecule has 0 aliphatic rings. The van der Waals surface area contributed by atoms with E-state index in [1.54, 1.807) is 0 Å². The smallest absolute Gasteiger partial charge is 0.312 e. The van der Waals surface area contributed by atoms with E-state index in [1.807, 2.05) is 27.7 Å². The van der Waals surface area contributed by atoms with Crippen LogP contribution in [0.25, 0.3) is 0 Å². The predicted molar refractivity (Wildman–Crippen MR) is 68.3 cm³/mol. The van der Waals surface area contributed by atoms with Crippen molar-refractivity contribution >= 4 is 5.97 Å². The number of carbonyl (C=O) groups is 1. The highest BCUT2D eigenvalue weighted by Crippen LogP contribution is 2.43. The molecule has 96 valence electrons. The fourth-order valence-electron chi connectivity index (χ4n) is 1.67. The molecule has 0 bridgehead atoms. The summed E-state index contributed by atoms with van der Waals surface area (Å²) in [6.07, 6.45) is 1.86. The van der Waals surface area contributed by atoms with Crippen molar-refractivity contribution in [3.63, 3.8) is 0 Å². The molecule has 0 aliphatic carbocycles. The van der Waals surface area contributed by atoms with Crippen molar-refractivity contribution in [2.75, 3.05) is 0 Å². The number of esters is 1. The summed E-state index contributed by atoms with van der Waals surface area (Å²) in [5.74, 6) is -0.0747. The van der Waals surface area contributed by atoms with Gasteiger partial charge in [0, 0.05) is 0 Å². The highest BCUT2D eigenvalue weighted by Gasteiger charge is 2.45. The molecule has 2 nitrogen and oxygen atoms in total. The molecule has 0 heterocycles. The first-order valence-corrected chi connectivity index (χ1v) is 6.17. The molecule has 0 rings (SSSR count). The average molecular weight is 228 g/mol. The van der Waals surface area contributed by atoms with E-state index in [9.17, 15) is 4.79 Å². The number of ether oxygens (including phenoxy) is 1. The van der Waals surface area contributed by atoms with Gasteiger partial charge in [-0.3, -0.25) is 4.79 Å². The zero-order chi connectivity index (χ0) is 13.2. The van der Waals surface area contributed by atoms with Crippen LogP contribution < -0.4 is 0 Å². The monoisotopic (exact) mass is 228 g/mol. The predicted octanol–water partition coefficient (Wildman–Crippen LogP) is 4.18. The second-order valence-corrected chi connectivity index (χ2v) is 6.83. The molecule has 0 aromatic rings. The lowest BCUT2D eigenvalue weighted by Crippen LogP contribution is -2.44. The maximum absolute atomic E-state index is 12.3. The first-order valence-electron chi connectivity index (χ1n) is 6.17. The maximum Gasteiger partial charge on any atom is 0.312 e. The fraction of sp³-hybridized carbons (Fsp3) is 0.929. The minimum Gasteiger partial charge on any atom is -0.460 e. The van der Waals surface area contributed by atoms with Crippen LogP contribution in [-0.2, 0) is 9.53 Å². The lowest BCUT2D eigenvalue weighted by atomic mass is 9.65. The Morgan fingerprint density at radius 1 is 1.00 bits per heavy atom.